The predicted octanol–water partition coefficient (Wildman–Crippen LogP) is 3.49. The number of benzene rings is 2. The Bertz CT molecular complexity index is 966. The number of aromatic nitrogens is 2. The van der Waals surface area contributed by atoms with Crippen LogP contribution in [-0.4, -0.2) is 22.5 Å². The lowest BCUT2D eigenvalue weighted by Crippen LogP contribution is -2.15. The van der Waals surface area contributed by atoms with Crippen LogP contribution in [0.4, 0.5) is 5.69 Å². The summed E-state index contributed by atoms with van der Waals surface area (Å²) in [6.07, 6.45) is 2.09. The second kappa shape index (κ2) is 8.29. The first-order valence-electron chi connectivity index (χ1n) is 8.67. The van der Waals surface area contributed by atoms with Crippen molar-refractivity contribution in [1.82, 2.24) is 9.97 Å². The molecule has 3 rings (SSSR count). The smallest absolute Gasteiger partial charge is 0.340 e. The molecule has 1 aromatic heterocycles. The van der Waals surface area contributed by atoms with E-state index in [4.69, 9.17) is 4.74 Å². The SMILES string of the molecule is CCCCNc1ccccc1C(=O)OCc1nc2ccccc2c(=O)[nH]1. The highest BCUT2D eigenvalue weighted by atomic mass is 16.5. The quantitative estimate of drug-likeness (QED) is 0.503. The van der Waals surface area contributed by atoms with Crippen molar-refractivity contribution in [3.05, 3.63) is 70.3 Å². The Hall–Kier alpha value is -3.15. The highest BCUT2D eigenvalue weighted by molar-refractivity contribution is 5.95. The van der Waals surface area contributed by atoms with E-state index in [9.17, 15) is 9.59 Å². The summed E-state index contributed by atoms with van der Waals surface area (Å²) in [7, 11) is 0. The molecule has 134 valence electrons. The fourth-order valence-corrected chi connectivity index (χ4v) is 2.63. The molecule has 0 saturated heterocycles. The van der Waals surface area contributed by atoms with Crippen LogP contribution in [-0.2, 0) is 11.3 Å². The van der Waals surface area contributed by atoms with Gasteiger partial charge in [0.15, 0.2) is 0 Å². The molecule has 0 amide bonds. The Morgan fingerprint density at radius 3 is 2.77 bits per heavy atom. The van der Waals surface area contributed by atoms with E-state index in [-0.39, 0.29) is 12.2 Å². The van der Waals surface area contributed by atoms with E-state index in [0.717, 1.165) is 25.1 Å². The lowest BCUT2D eigenvalue weighted by molar-refractivity contribution is 0.0463. The van der Waals surface area contributed by atoms with Crippen molar-refractivity contribution in [2.45, 2.75) is 26.4 Å². The summed E-state index contributed by atoms with van der Waals surface area (Å²) in [6, 6.07) is 14.3. The van der Waals surface area contributed by atoms with Crippen molar-refractivity contribution < 1.29 is 9.53 Å². The van der Waals surface area contributed by atoms with Crippen LogP contribution in [0.5, 0.6) is 0 Å². The third-order valence-corrected chi connectivity index (χ3v) is 3.99. The van der Waals surface area contributed by atoms with E-state index >= 15 is 0 Å². The number of fused-ring (bicyclic) bond motifs is 1. The van der Waals surface area contributed by atoms with Crippen LogP contribution in [0.2, 0.25) is 0 Å². The zero-order valence-corrected chi connectivity index (χ0v) is 14.6. The van der Waals surface area contributed by atoms with Gasteiger partial charge in [-0.2, -0.15) is 0 Å². The molecule has 0 bridgehead atoms. The van der Waals surface area contributed by atoms with E-state index in [2.05, 4.69) is 22.2 Å². The molecule has 2 aromatic carbocycles. The number of ether oxygens (including phenoxy) is 1. The Balaban J connectivity index is 1.72. The fraction of sp³-hybridized carbons (Fsp3) is 0.250. The molecular weight excluding hydrogens is 330 g/mol. The maximum atomic E-state index is 12.4. The molecule has 26 heavy (non-hydrogen) atoms. The molecule has 0 unspecified atom stereocenters. The van der Waals surface area contributed by atoms with Gasteiger partial charge in [-0.15, -0.1) is 0 Å². The van der Waals surface area contributed by atoms with Crippen molar-refractivity contribution in [1.29, 1.82) is 0 Å². The molecule has 0 saturated carbocycles. The van der Waals surface area contributed by atoms with E-state index in [0.29, 0.717) is 22.3 Å². The standard InChI is InChI=1S/C20H21N3O3/c1-2-3-12-21-16-10-6-5-9-15(16)20(25)26-13-18-22-17-11-7-4-8-14(17)19(24)23-18/h4-11,21H,2-3,12-13H2,1H3,(H,22,23,24). The van der Waals surface area contributed by atoms with Crippen molar-refractivity contribution in [2.24, 2.45) is 0 Å². The van der Waals surface area contributed by atoms with E-state index in [1.165, 1.54) is 0 Å². The first-order valence-corrected chi connectivity index (χ1v) is 8.67. The van der Waals surface area contributed by atoms with Gasteiger partial charge in [-0.05, 0) is 30.7 Å². The zero-order valence-electron chi connectivity index (χ0n) is 14.6. The molecule has 0 aliphatic heterocycles. The van der Waals surface area contributed by atoms with Crippen LogP contribution in [0.25, 0.3) is 10.9 Å². The monoisotopic (exact) mass is 351 g/mol. The van der Waals surface area contributed by atoms with Crippen LogP contribution in [0.3, 0.4) is 0 Å². The molecule has 0 aliphatic carbocycles. The van der Waals surface area contributed by atoms with Crippen LogP contribution in [0.15, 0.2) is 53.3 Å². The molecule has 3 aromatic rings. The van der Waals surface area contributed by atoms with Gasteiger partial charge in [-0.3, -0.25) is 4.79 Å². The van der Waals surface area contributed by atoms with Gasteiger partial charge in [0.05, 0.1) is 16.5 Å². The third-order valence-electron chi connectivity index (χ3n) is 3.99. The van der Waals surface area contributed by atoms with E-state index < -0.39 is 5.97 Å². The van der Waals surface area contributed by atoms with Gasteiger partial charge in [-0.1, -0.05) is 37.6 Å². The van der Waals surface area contributed by atoms with Gasteiger partial charge in [0.1, 0.15) is 12.4 Å². The minimum absolute atomic E-state index is 0.0950. The number of hydrogen-bond donors (Lipinski definition) is 2. The molecule has 0 aliphatic rings. The van der Waals surface area contributed by atoms with Gasteiger partial charge in [0.2, 0.25) is 0 Å². The van der Waals surface area contributed by atoms with Crippen LogP contribution in [0, 0.1) is 0 Å². The van der Waals surface area contributed by atoms with Crippen molar-refractivity contribution in [2.75, 3.05) is 11.9 Å². The number of nitrogens with one attached hydrogen (secondary N) is 2. The van der Waals surface area contributed by atoms with E-state index in [1.807, 2.05) is 18.2 Å². The van der Waals surface area contributed by atoms with Gasteiger partial charge in [0, 0.05) is 12.2 Å². The first-order chi connectivity index (χ1) is 12.7. The highest BCUT2D eigenvalue weighted by Gasteiger charge is 2.13. The number of anilines is 1. The van der Waals surface area contributed by atoms with Gasteiger partial charge in [0.25, 0.3) is 5.56 Å². The summed E-state index contributed by atoms with van der Waals surface area (Å²) in [6.45, 7) is 2.81. The molecule has 6 nitrogen and oxygen atoms in total. The van der Waals surface area contributed by atoms with Crippen LogP contribution >= 0.6 is 0 Å². The number of para-hydroxylation sites is 2. The summed E-state index contributed by atoms with van der Waals surface area (Å²) in [5.41, 5.74) is 1.53. The number of rotatable bonds is 7. The zero-order chi connectivity index (χ0) is 18.4. The number of aromatic amines is 1. The fourth-order valence-electron chi connectivity index (χ4n) is 2.63. The second-order valence-corrected chi connectivity index (χ2v) is 5.93. The molecular formula is C20H21N3O3. The van der Waals surface area contributed by atoms with E-state index in [1.54, 1.807) is 30.3 Å². The minimum atomic E-state index is -0.458. The Kier molecular flexibility index (Phi) is 5.63. The van der Waals surface area contributed by atoms with Gasteiger partial charge >= 0.3 is 5.97 Å². The summed E-state index contributed by atoms with van der Waals surface area (Å²) in [5, 5.41) is 3.76. The molecule has 0 spiro atoms. The number of unbranched alkanes of at least 4 members (excludes halogenated alkanes) is 1. The molecule has 6 heteroatoms. The summed E-state index contributed by atoms with van der Waals surface area (Å²) >= 11 is 0. The van der Waals surface area contributed by atoms with Crippen molar-refractivity contribution in [3.63, 3.8) is 0 Å². The Labute approximate surface area is 151 Å². The maximum Gasteiger partial charge on any atom is 0.340 e. The molecule has 1 heterocycles. The molecule has 2 N–H and O–H groups in total. The topological polar surface area (TPSA) is 84.1 Å². The summed E-state index contributed by atoms with van der Waals surface area (Å²) < 4.78 is 5.35. The van der Waals surface area contributed by atoms with Gasteiger partial charge < -0.3 is 15.0 Å². The highest BCUT2D eigenvalue weighted by Crippen LogP contribution is 2.17. The average Bonchev–Trinajstić information content (AvgIpc) is 2.67. The Morgan fingerprint density at radius 2 is 1.92 bits per heavy atom. The first kappa shape index (κ1) is 17.7. The number of esters is 1. The van der Waals surface area contributed by atoms with Gasteiger partial charge in [-0.25, -0.2) is 9.78 Å². The second-order valence-electron chi connectivity index (χ2n) is 5.93. The average molecular weight is 351 g/mol. The van der Waals surface area contributed by atoms with Crippen LogP contribution < -0.4 is 10.9 Å². The normalized spacial score (nSPS) is 10.7. The lowest BCUT2D eigenvalue weighted by atomic mass is 10.1. The third kappa shape index (κ3) is 4.08. The maximum absolute atomic E-state index is 12.4. The Morgan fingerprint density at radius 1 is 1.15 bits per heavy atom. The number of hydrogen-bond acceptors (Lipinski definition) is 5. The number of nitrogens with zero attached hydrogens (tertiary/aromatic N) is 1. The van der Waals surface area contributed by atoms with Crippen molar-refractivity contribution >= 4 is 22.6 Å². The van der Waals surface area contributed by atoms with Crippen molar-refractivity contribution in [3.8, 4) is 0 Å². The number of carbonyl (C=O) groups excluding carboxylic acids is 1. The predicted molar refractivity (Wildman–Crippen MR) is 101 cm³/mol. The molecule has 0 radical (unpaired) electrons. The lowest BCUT2D eigenvalue weighted by Gasteiger charge is -2.11. The summed E-state index contributed by atoms with van der Waals surface area (Å²) in [5.74, 6) is -0.140. The minimum Gasteiger partial charge on any atom is -0.454 e. The molecule has 0 atom stereocenters. The number of carbonyl (C=O) groups is 1. The summed E-state index contributed by atoms with van der Waals surface area (Å²) in [4.78, 5) is 31.5. The molecule has 0 fully saturated rings. The number of H-pyrrole nitrogens is 1. The van der Waals surface area contributed by atoms with Crippen LogP contribution in [0.1, 0.15) is 35.9 Å². The largest absolute Gasteiger partial charge is 0.454 e.